The SMILES string of the molecule is COc1cccc(CN(C)C(=O)C[C@](O)(c2nccn2C)C(F)(F)F)c1. The van der Waals surface area contributed by atoms with Gasteiger partial charge in [0.1, 0.15) is 5.75 Å². The quantitative estimate of drug-likeness (QED) is 0.846. The van der Waals surface area contributed by atoms with E-state index in [2.05, 4.69) is 4.98 Å². The van der Waals surface area contributed by atoms with E-state index in [9.17, 15) is 23.1 Å². The summed E-state index contributed by atoms with van der Waals surface area (Å²) in [6.45, 7) is 0.0739. The molecule has 0 saturated carbocycles. The third kappa shape index (κ3) is 3.98. The lowest BCUT2D eigenvalue weighted by Gasteiger charge is -2.31. The van der Waals surface area contributed by atoms with Crippen molar-refractivity contribution in [3.8, 4) is 5.75 Å². The van der Waals surface area contributed by atoms with Gasteiger partial charge in [-0.15, -0.1) is 0 Å². The first kappa shape index (κ1) is 19.8. The first-order valence-electron chi connectivity index (χ1n) is 7.72. The molecule has 142 valence electrons. The highest BCUT2D eigenvalue weighted by Crippen LogP contribution is 2.41. The zero-order valence-electron chi connectivity index (χ0n) is 14.6. The topological polar surface area (TPSA) is 67.6 Å². The molecule has 0 spiro atoms. The number of methoxy groups -OCH3 is 1. The number of aromatic nitrogens is 2. The van der Waals surface area contributed by atoms with E-state index >= 15 is 0 Å². The van der Waals surface area contributed by atoms with Crippen molar-refractivity contribution >= 4 is 5.91 Å². The standard InChI is InChI=1S/C17H20F3N3O3/c1-22-8-7-21-15(22)16(25,17(18,19)20)10-14(24)23(2)11-12-5-4-6-13(9-12)26-3/h4-9,25H,10-11H2,1-3H3/t16-/m0/s1. The second kappa shape index (κ2) is 7.36. The molecular weight excluding hydrogens is 351 g/mol. The van der Waals surface area contributed by atoms with Gasteiger partial charge in [0.25, 0.3) is 0 Å². The molecule has 0 bridgehead atoms. The van der Waals surface area contributed by atoms with Crippen LogP contribution in [-0.2, 0) is 24.0 Å². The van der Waals surface area contributed by atoms with E-state index in [-0.39, 0.29) is 6.54 Å². The number of hydrogen-bond donors (Lipinski definition) is 1. The third-order valence-electron chi connectivity index (χ3n) is 4.05. The summed E-state index contributed by atoms with van der Waals surface area (Å²) in [4.78, 5) is 17.1. The molecule has 0 aliphatic heterocycles. The van der Waals surface area contributed by atoms with E-state index in [0.717, 1.165) is 15.7 Å². The number of aryl methyl sites for hydroxylation is 1. The van der Waals surface area contributed by atoms with Gasteiger partial charge >= 0.3 is 6.18 Å². The minimum Gasteiger partial charge on any atom is -0.497 e. The van der Waals surface area contributed by atoms with Crippen LogP contribution in [0.25, 0.3) is 0 Å². The van der Waals surface area contributed by atoms with Gasteiger partial charge in [-0.2, -0.15) is 13.2 Å². The van der Waals surface area contributed by atoms with E-state index in [4.69, 9.17) is 4.74 Å². The number of hydrogen-bond acceptors (Lipinski definition) is 4. The molecule has 0 unspecified atom stereocenters. The Balaban J connectivity index is 2.20. The Morgan fingerprint density at radius 2 is 2.08 bits per heavy atom. The van der Waals surface area contributed by atoms with E-state index in [0.29, 0.717) is 11.3 Å². The van der Waals surface area contributed by atoms with Crippen LogP contribution in [0.4, 0.5) is 13.2 Å². The molecular formula is C17H20F3N3O3. The van der Waals surface area contributed by atoms with Gasteiger partial charge in [0.2, 0.25) is 11.5 Å². The molecule has 1 aromatic carbocycles. The maximum absolute atomic E-state index is 13.5. The number of rotatable bonds is 6. The first-order chi connectivity index (χ1) is 12.1. The fraction of sp³-hybridized carbons (Fsp3) is 0.412. The Morgan fingerprint density at radius 1 is 1.38 bits per heavy atom. The van der Waals surface area contributed by atoms with Crippen LogP contribution >= 0.6 is 0 Å². The average molecular weight is 371 g/mol. The molecule has 1 atom stereocenters. The predicted molar refractivity (Wildman–Crippen MR) is 87.2 cm³/mol. The van der Waals surface area contributed by atoms with Gasteiger partial charge in [0, 0.05) is 33.0 Å². The molecule has 0 radical (unpaired) electrons. The number of carbonyl (C=O) groups excluding carboxylic acids is 1. The normalized spacial score (nSPS) is 14.0. The minimum absolute atomic E-state index is 0.0739. The van der Waals surface area contributed by atoms with Crippen LogP contribution < -0.4 is 4.74 Å². The monoisotopic (exact) mass is 371 g/mol. The Morgan fingerprint density at radius 3 is 2.62 bits per heavy atom. The largest absolute Gasteiger partial charge is 0.497 e. The van der Waals surface area contributed by atoms with E-state index in [1.54, 1.807) is 24.3 Å². The number of carbonyl (C=O) groups is 1. The number of ether oxygens (including phenoxy) is 1. The molecule has 9 heteroatoms. The van der Waals surface area contributed by atoms with Gasteiger partial charge < -0.3 is 19.3 Å². The van der Waals surface area contributed by atoms with Crippen LogP contribution in [0, 0.1) is 0 Å². The fourth-order valence-electron chi connectivity index (χ4n) is 2.56. The highest BCUT2D eigenvalue weighted by Gasteiger charge is 2.58. The van der Waals surface area contributed by atoms with Gasteiger partial charge in [0.15, 0.2) is 5.82 Å². The lowest BCUT2D eigenvalue weighted by Crippen LogP contribution is -2.48. The van der Waals surface area contributed by atoms with Crippen molar-refractivity contribution in [1.82, 2.24) is 14.5 Å². The van der Waals surface area contributed by atoms with Gasteiger partial charge in [-0.25, -0.2) is 4.98 Å². The van der Waals surface area contributed by atoms with Crippen molar-refractivity contribution in [3.63, 3.8) is 0 Å². The highest BCUT2D eigenvalue weighted by atomic mass is 19.4. The number of halogens is 3. The van der Waals surface area contributed by atoms with Gasteiger partial charge in [0.05, 0.1) is 13.5 Å². The Labute approximate surface area is 148 Å². The van der Waals surface area contributed by atoms with E-state index in [1.807, 2.05) is 0 Å². The van der Waals surface area contributed by atoms with E-state index < -0.39 is 29.9 Å². The van der Waals surface area contributed by atoms with Crippen molar-refractivity contribution in [1.29, 1.82) is 0 Å². The molecule has 1 aromatic heterocycles. The molecule has 0 fully saturated rings. The highest BCUT2D eigenvalue weighted by molar-refractivity contribution is 5.77. The zero-order chi connectivity index (χ0) is 19.5. The van der Waals surface area contributed by atoms with Crippen LogP contribution in [0.2, 0.25) is 0 Å². The number of benzene rings is 1. The second-order valence-corrected chi connectivity index (χ2v) is 6.00. The maximum atomic E-state index is 13.5. The van der Waals surface area contributed by atoms with Crippen molar-refractivity contribution < 1.29 is 27.8 Å². The summed E-state index contributed by atoms with van der Waals surface area (Å²) in [7, 11) is 4.19. The van der Waals surface area contributed by atoms with Gasteiger partial charge in [-0.05, 0) is 17.7 Å². The van der Waals surface area contributed by atoms with Gasteiger partial charge in [-0.1, -0.05) is 12.1 Å². The summed E-state index contributed by atoms with van der Waals surface area (Å²) in [5.41, 5.74) is -2.68. The minimum atomic E-state index is -5.06. The molecule has 1 amide bonds. The Bertz CT molecular complexity index is 776. The van der Waals surface area contributed by atoms with Crippen molar-refractivity contribution in [2.75, 3.05) is 14.2 Å². The zero-order valence-corrected chi connectivity index (χ0v) is 14.6. The van der Waals surface area contributed by atoms with Crippen LogP contribution in [0.15, 0.2) is 36.7 Å². The molecule has 6 nitrogen and oxygen atoms in total. The average Bonchev–Trinajstić information content (AvgIpc) is 3.00. The van der Waals surface area contributed by atoms with Crippen molar-refractivity contribution in [2.24, 2.45) is 7.05 Å². The number of alkyl halides is 3. The first-order valence-corrected chi connectivity index (χ1v) is 7.72. The summed E-state index contributed by atoms with van der Waals surface area (Å²) in [6.07, 6.45) is -3.81. The molecule has 0 saturated heterocycles. The summed E-state index contributed by atoms with van der Waals surface area (Å²) < 4.78 is 46.6. The third-order valence-corrected chi connectivity index (χ3v) is 4.05. The van der Waals surface area contributed by atoms with Crippen molar-refractivity contribution in [3.05, 3.63) is 48.0 Å². The number of aliphatic hydroxyl groups is 1. The maximum Gasteiger partial charge on any atom is 0.425 e. The molecule has 26 heavy (non-hydrogen) atoms. The molecule has 0 aliphatic carbocycles. The number of nitrogens with zero attached hydrogens (tertiary/aromatic N) is 3. The Hall–Kier alpha value is -2.55. The summed E-state index contributed by atoms with van der Waals surface area (Å²) in [5.74, 6) is -0.924. The van der Waals surface area contributed by atoms with Crippen LogP contribution in [0.1, 0.15) is 17.8 Å². The molecule has 0 aliphatic rings. The summed E-state index contributed by atoms with van der Waals surface area (Å²) in [5, 5.41) is 10.3. The lowest BCUT2D eigenvalue weighted by atomic mass is 9.96. The second-order valence-electron chi connectivity index (χ2n) is 6.00. The lowest BCUT2D eigenvalue weighted by molar-refractivity contribution is -0.271. The fourth-order valence-corrected chi connectivity index (χ4v) is 2.56. The van der Waals surface area contributed by atoms with Gasteiger partial charge in [-0.3, -0.25) is 4.79 Å². The van der Waals surface area contributed by atoms with Crippen molar-refractivity contribution in [2.45, 2.75) is 24.7 Å². The Kier molecular flexibility index (Phi) is 5.60. The van der Waals surface area contributed by atoms with Crippen LogP contribution in [-0.4, -0.2) is 45.8 Å². The molecule has 1 N–H and O–H groups in total. The summed E-state index contributed by atoms with van der Waals surface area (Å²) >= 11 is 0. The predicted octanol–water partition coefficient (Wildman–Crippen LogP) is 2.23. The molecule has 2 rings (SSSR count). The van der Waals surface area contributed by atoms with Crippen LogP contribution in [0.5, 0.6) is 5.75 Å². The molecule has 2 aromatic rings. The number of imidazole rings is 1. The van der Waals surface area contributed by atoms with E-state index in [1.165, 1.54) is 27.4 Å². The smallest absolute Gasteiger partial charge is 0.425 e. The van der Waals surface area contributed by atoms with Crippen LogP contribution in [0.3, 0.4) is 0 Å². The molecule has 1 heterocycles. The summed E-state index contributed by atoms with van der Waals surface area (Å²) in [6, 6.07) is 6.83. The number of amides is 1.